The summed E-state index contributed by atoms with van der Waals surface area (Å²) in [7, 11) is 0. The minimum absolute atomic E-state index is 0.128. The summed E-state index contributed by atoms with van der Waals surface area (Å²) >= 11 is 3.21. The van der Waals surface area contributed by atoms with Crippen LogP contribution in [0.1, 0.15) is 38.2 Å². The number of Topliss-reactive ketones (excluding diaryl/α,β-unsaturated/α-hetero) is 1. The molecular weight excluding hydrogens is 340 g/mol. The first-order valence-corrected chi connectivity index (χ1v) is 7.23. The molecule has 0 fully saturated rings. The van der Waals surface area contributed by atoms with Crippen LogP contribution in [-0.4, -0.2) is 39.7 Å². The van der Waals surface area contributed by atoms with Gasteiger partial charge in [-0.05, 0) is 55.8 Å². The fraction of sp³-hybridized carbons (Fsp3) is 0.500. The second-order valence-corrected chi connectivity index (χ2v) is 6.52. The minimum Gasteiger partial charge on any atom is -0.444 e. The summed E-state index contributed by atoms with van der Waals surface area (Å²) in [5, 5.41) is 12.4. The molecule has 1 aromatic rings. The van der Waals surface area contributed by atoms with Gasteiger partial charge >= 0.3 is 6.09 Å². The molecule has 0 saturated carbocycles. The normalized spacial score (nSPS) is 14.2. The number of hydrogen-bond acceptors (Lipinski definition) is 5. The van der Waals surface area contributed by atoms with Crippen LogP contribution in [0.2, 0.25) is 0 Å². The lowest BCUT2D eigenvalue weighted by Gasteiger charge is -2.23. The third kappa shape index (κ3) is 5.81. The third-order valence-electron chi connectivity index (χ3n) is 2.47. The SMILES string of the molecule is C[C@H](NC(=O)OC(C)(C)C)C(O)C(=O)c1ccc(Br)cn1. The van der Waals surface area contributed by atoms with E-state index in [1.807, 2.05) is 0 Å². The number of amides is 1. The molecule has 1 rings (SSSR count). The van der Waals surface area contributed by atoms with E-state index < -0.39 is 29.6 Å². The molecule has 1 heterocycles. The standard InChI is InChI=1S/C14H19BrN2O4/c1-8(17-13(20)21-14(2,3)4)11(18)12(19)10-6-5-9(15)7-16-10/h5-8,11,18H,1-4H3,(H,17,20)/t8-,11?/m0/s1. The summed E-state index contributed by atoms with van der Waals surface area (Å²) in [4.78, 5) is 27.6. The van der Waals surface area contributed by atoms with Gasteiger partial charge in [0.25, 0.3) is 0 Å². The Kier molecular flexibility index (Phi) is 5.86. The average molecular weight is 359 g/mol. The third-order valence-corrected chi connectivity index (χ3v) is 2.94. The van der Waals surface area contributed by atoms with Crippen molar-refractivity contribution in [2.75, 3.05) is 0 Å². The zero-order chi connectivity index (χ0) is 16.2. The van der Waals surface area contributed by atoms with Gasteiger partial charge in [0, 0.05) is 10.7 Å². The summed E-state index contributed by atoms with van der Waals surface area (Å²) in [6.07, 6.45) is -0.622. The lowest BCUT2D eigenvalue weighted by Crippen LogP contribution is -2.46. The molecule has 0 aromatic carbocycles. The molecular formula is C14H19BrN2O4. The molecule has 2 N–H and O–H groups in total. The van der Waals surface area contributed by atoms with Crippen LogP contribution >= 0.6 is 15.9 Å². The molecule has 116 valence electrons. The number of alkyl carbamates (subject to hydrolysis) is 1. The molecule has 1 amide bonds. The van der Waals surface area contributed by atoms with E-state index in [9.17, 15) is 14.7 Å². The number of nitrogens with zero attached hydrogens (tertiary/aromatic N) is 1. The Bertz CT molecular complexity index is 511. The van der Waals surface area contributed by atoms with Gasteiger partial charge in [-0.15, -0.1) is 0 Å². The Hall–Kier alpha value is -1.47. The molecule has 0 spiro atoms. The molecule has 2 atom stereocenters. The molecule has 7 heteroatoms. The van der Waals surface area contributed by atoms with E-state index in [0.717, 1.165) is 4.47 Å². The van der Waals surface area contributed by atoms with Gasteiger partial charge in [0.1, 0.15) is 17.4 Å². The number of nitrogens with one attached hydrogen (secondary N) is 1. The number of pyridine rings is 1. The molecule has 0 aliphatic carbocycles. The molecule has 1 aromatic heterocycles. The van der Waals surface area contributed by atoms with Crippen LogP contribution in [0.5, 0.6) is 0 Å². The first-order chi connectivity index (χ1) is 9.60. The van der Waals surface area contributed by atoms with Gasteiger partial charge in [0.15, 0.2) is 0 Å². The van der Waals surface area contributed by atoms with Crippen LogP contribution in [0, 0.1) is 0 Å². The highest BCUT2D eigenvalue weighted by molar-refractivity contribution is 9.10. The van der Waals surface area contributed by atoms with Gasteiger partial charge in [-0.25, -0.2) is 4.79 Å². The van der Waals surface area contributed by atoms with Gasteiger partial charge in [0.05, 0.1) is 6.04 Å². The van der Waals surface area contributed by atoms with Crippen LogP contribution in [-0.2, 0) is 4.74 Å². The maximum Gasteiger partial charge on any atom is 0.407 e. The van der Waals surface area contributed by atoms with E-state index in [4.69, 9.17) is 4.74 Å². The van der Waals surface area contributed by atoms with Crippen molar-refractivity contribution in [2.24, 2.45) is 0 Å². The van der Waals surface area contributed by atoms with Crippen molar-refractivity contribution in [1.82, 2.24) is 10.3 Å². The van der Waals surface area contributed by atoms with Gasteiger partial charge in [-0.3, -0.25) is 9.78 Å². The van der Waals surface area contributed by atoms with E-state index in [0.29, 0.717) is 0 Å². The van der Waals surface area contributed by atoms with Crippen molar-refractivity contribution in [3.8, 4) is 0 Å². The molecule has 0 saturated heterocycles. The molecule has 0 aliphatic rings. The lowest BCUT2D eigenvalue weighted by molar-refractivity contribution is 0.0423. The number of ether oxygens (including phenoxy) is 1. The average Bonchev–Trinajstić information content (AvgIpc) is 2.35. The highest BCUT2D eigenvalue weighted by Gasteiger charge is 2.27. The first kappa shape index (κ1) is 17.6. The van der Waals surface area contributed by atoms with E-state index in [2.05, 4.69) is 26.2 Å². The first-order valence-electron chi connectivity index (χ1n) is 6.43. The van der Waals surface area contributed by atoms with Crippen LogP contribution in [0.25, 0.3) is 0 Å². The fourth-order valence-electron chi connectivity index (χ4n) is 1.47. The highest BCUT2D eigenvalue weighted by atomic mass is 79.9. The molecule has 0 radical (unpaired) electrons. The zero-order valence-corrected chi connectivity index (χ0v) is 14.0. The van der Waals surface area contributed by atoms with Gasteiger partial charge in [0.2, 0.25) is 5.78 Å². The quantitative estimate of drug-likeness (QED) is 0.806. The fourth-order valence-corrected chi connectivity index (χ4v) is 1.71. The lowest BCUT2D eigenvalue weighted by atomic mass is 10.1. The Morgan fingerprint density at radius 3 is 2.48 bits per heavy atom. The van der Waals surface area contributed by atoms with Gasteiger partial charge in [-0.1, -0.05) is 0 Å². The summed E-state index contributed by atoms with van der Waals surface area (Å²) in [6.45, 7) is 6.70. The molecule has 6 nitrogen and oxygen atoms in total. The Labute approximate surface area is 132 Å². The number of aliphatic hydroxyl groups excluding tert-OH is 1. The van der Waals surface area contributed by atoms with Crippen molar-refractivity contribution in [3.63, 3.8) is 0 Å². The van der Waals surface area contributed by atoms with E-state index in [1.54, 1.807) is 26.8 Å². The number of aliphatic hydroxyl groups is 1. The topological polar surface area (TPSA) is 88.5 Å². The van der Waals surface area contributed by atoms with Gasteiger partial charge in [-0.2, -0.15) is 0 Å². The number of carbonyl (C=O) groups is 2. The monoisotopic (exact) mass is 358 g/mol. The van der Waals surface area contributed by atoms with Crippen molar-refractivity contribution in [1.29, 1.82) is 0 Å². The maximum atomic E-state index is 12.0. The van der Waals surface area contributed by atoms with Crippen molar-refractivity contribution >= 4 is 27.8 Å². The second-order valence-electron chi connectivity index (χ2n) is 5.61. The summed E-state index contributed by atoms with van der Waals surface area (Å²) in [5.74, 6) is -0.564. The van der Waals surface area contributed by atoms with Crippen molar-refractivity contribution < 1.29 is 19.4 Å². The highest BCUT2D eigenvalue weighted by Crippen LogP contribution is 2.11. The Balaban J connectivity index is 2.65. The minimum atomic E-state index is -1.40. The number of halogens is 1. The number of hydrogen-bond donors (Lipinski definition) is 2. The van der Waals surface area contributed by atoms with Crippen molar-refractivity contribution in [3.05, 3.63) is 28.5 Å². The number of ketones is 1. The van der Waals surface area contributed by atoms with Crippen LogP contribution < -0.4 is 5.32 Å². The predicted molar refractivity (Wildman–Crippen MR) is 81.1 cm³/mol. The number of carbonyl (C=O) groups excluding carboxylic acids is 2. The largest absolute Gasteiger partial charge is 0.444 e. The summed E-state index contributed by atoms with van der Waals surface area (Å²) in [6, 6.07) is 2.35. The Morgan fingerprint density at radius 1 is 1.38 bits per heavy atom. The molecule has 1 unspecified atom stereocenters. The van der Waals surface area contributed by atoms with Crippen LogP contribution in [0.15, 0.2) is 22.8 Å². The van der Waals surface area contributed by atoms with E-state index in [1.165, 1.54) is 19.2 Å². The molecule has 0 aliphatic heterocycles. The molecule has 21 heavy (non-hydrogen) atoms. The van der Waals surface area contributed by atoms with Crippen LogP contribution in [0.4, 0.5) is 4.79 Å². The predicted octanol–water partition coefficient (Wildman–Crippen LogP) is 2.30. The van der Waals surface area contributed by atoms with Crippen molar-refractivity contribution in [2.45, 2.75) is 45.4 Å². The molecule has 0 bridgehead atoms. The van der Waals surface area contributed by atoms with E-state index in [-0.39, 0.29) is 5.69 Å². The number of aromatic nitrogens is 1. The summed E-state index contributed by atoms with van der Waals surface area (Å²) < 4.78 is 5.80. The maximum absolute atomic E-state index is 12.0. The second kappa shape index (κ2) is 7.00. The Morgan fingerprint density at radius 2 is 2.00 bits per heavy atom. The zero-order valence-electron chi connectivity index (χ0n) is 12.4. The smallest absolute Gasteiger partial charge is 0.407 e. The summed E-state index contributed by atoms with van der Waals surface area (Å²) in [5.41, 5.74) is -0.519. The van der Waals surface area contributed by atoms with Gasteiger partial charge < -0.3 is 15.2 Å². The number of rotatable bonds is 4. The van der Waals surface area contributed by atoms with Crippen LogP contribution in [0.3, 0.4) is 0 Å². The van der Waals surface area contributed by atoms with E-state index >= 15 is 0 Å².